The molecule has 1 atom stereocenters. The fraction of sp³-hybridized carbons (Fsp3) is 0.435. The van der Waals surface area contributed by atoms with Crippen LogP contribution in [0.5, 0.6) is 5.75 Å². The summed E-state index contributed by atoms with van der Waals surface area (Å²) in [5, 5.41) is 3.02. The Bertz CT molecular complexity index is 696. The van der Waals surface area contributed by atoms with Crippen LogP contribution in [0.2, 0.25) is 0 Å². The summed E-state index contributed by atoms with van der Waals surface area (Å²) in [7, 11) is 0. The average molecular weight is 354 g/mol. The lowest BCUT2D eigenvalue weighted by atomic mass is 9.87. The monoisotopic (exact) mass is 353 g/mol. The first kappa shape index (κ1) is 20.0. The molecule has 2 rings (SSSR count). The van der Waals surface area contributed by atoms with Crippen molar-refractivity contribution in [2.75, 3.05) is 0 Å². The van der Waals surface area contributed by atoms with E-state index in [1.165, 1.54) is 5.56 Å². The van der Waals surface area contributed by atoms with E-state index in [0.717, 1.165) is 24.2 Å². The minimum absolute atomic E-state index is 0.0174. The van der Waals surface area contributed by atoms with Crippen molar-refractivity contribution in [1.29, 1.82) is 0 Å². The van der Waals surface area contributed by atoms with Gasteiger partial charge in [-0.1, -0.05) is 58.4 Å². The number of amides is 1. The van der Waals surface area contributed by atoms with Gasteiger partial charge in [0.25, 0.3) is 5.91 Å². The SMILES string of the molecule is CCC[C@H](C)NC(=O)c1ccc(COc2ccc(C(C)(C)C)cc2)cc1. The minimum atomic E-state index is -0.0174. The highest BCUT2D eigenvalue weighted by molar-refractivity contribution is 5.94. The van der Waals surface area contributed by atoms with E-state index in [0.29, 0.717) is 12.2 Å². The third kappa shape index (κ3) is 5.91. The van der Waals surface area contributed by atoms with Crippen molar-refractivity contribution in [3.05, 3.63) is 65.2 Å². The molecule has 0 radical (unpaired) electrons. The summed E-state index contributed by atoms with van der Waals surface area (Å²) < 4.78 is 5.86. The molecule has 0 fully saturated rings. The van der Waals surface area contributed by atoms with Crippen LogP contribution in [0.1, 0.15) is 68.9 Å². The van der Waals surface area contributed by atoms with Crippen molar-refractivity contribution in [1.82, 2.24) is 5.32 Å². The fourth-order valence-electron chi connectivity index (χ4n) is 2.78. The van der Waals surface area contributed by atoms with Crippen molar-refractivity contribution < 1.29 is 9.53 Å². The Kier molecular flexibility index (Phi) is 6.84. The van der Waals surface area contributed by atoms with Crippen LogP contribution < -0.4 is 10.1 Å². The molecule has 0 bridgehead atoms. The zero-order chi connectivity index (χ0) is 19.2. The Morgan fingerprint density at radius 1 is 1.04 bits per heavy atom. The second-order valence-electron chi connectivity index (χ2n) is 7.92. The number of hydrogen-bond acceptors (Lipinski definition) is 2. The van der Waals surface area contributed by atoms with Gasteiger partial charge in [-0.3, -0.25) is 4.79 Å². The lowest BCUT2D eigenvalue weighted by Crippen LogP contribution is -2.32. The van der Waals surface area contributed by atoms with Gasteiger partial charge in [0.2, 0.25) is 0 Å². The average Bonchev–Trinajstić information content (AvgIpc) is 2.60. The minimum Gasteiger partial charge on any atom is -0.489 e. The summed E-state index contributed by atoms with van der Waals surface area (Å²) in [4.78, 5) is 12.2. The number of carbonyl (C=O) groups excluding carboxylic acids is 1. The number of rotatable bonds is 7. The molecule has 2 aromatic carbocycles. The van der Waals surface area contributed by atoms with Gasteiger partial charge < -0.3 is 10.1 Å². The highest BCUT2D eigenvalue weighted by atomic mass is 16.5. The lowest BCUT2D eigenvalue weighted by molar-refractivity contribution is 0.0938. The number of benzene rings is 2. The topological polar surface area (TPSA) is 38.3 Å². The predicted molar refractivity (Wildman–Crippen MR) is 108 cm³/mol. The molecule has 3 heteroatoms. The van der Waals surface area contributed by atoms with Crippen LogP contribution in [-0.4, -0.2) is 11.9 Å². The number of carbonyl (C=O) groups is 1. The molecule has 3 nitrogen and oxygen atoms in total. The molecule has 1 N–H and O–H groups in total. The summed E-state index contributed by atoms with van der Waals surface area (Å²) >= 11 is 0. The van der Waals surface area contributed by atoms with Crippen molar-refractivity contribution in [2.24, 2.45) is 0 Å². The van der Waals surface area contributed by atoms with Crippen LogP contribution >= 0.6 is 0 Å². The molecule has 0 aliphatic heterocycles. The highest BCUT2D eigenvalue weighted by Gasteiger charge is 2.13. The molecule has 0 heterocycles. The zero-order valence-corrected chi connectivity index (χ0v) is 16.6. The van der Waals surface area contributed by atoms with Crippen molar-refractivity contribution in [3.8, 4) is 5.75 Å². The molecule has 0 unspecified atom stereocenters. The number of ether oxygens (including phenoxy) is 1. The van der Waals surface area contributed by atoms with E-state index in [4.69, 9.17) is 4.74 Å². The fourth-order valence-corrected chi connectivity index (χ4v) is 2.78. The van der Waals surface area contributed by atoms with E-state index in [9.17, 15) is 4.79 Å². The van der Waals surface area contributed by atoms with Crippen LogP contribution in [-0.2, 0) is 12.0 Å². The molecule has 0 saturated carbocycles. The maximum absolute atomic E-state index is 12.2. The first-order valence-corrected chi connectivity index (χ1v) is 9.42. The Morgan fingerprint density at radius 2 is 1.65 bits per heavy atom. The normalized spacial score (nSPS) is 12.5. The molecule has 0 aliphatic carbocycles. The predicted octanol–water partition coefficient (Wildman–Crippen LogP) is 5.48. The lowest BCUT2D eigenvalue weighted by Gasteiger charge is -2.19. The molecule has 0 aliphatic rings. The van der Waals surface area contributed by atoms with E-state index in [2.05, 4.69) is 45.1 Å². The maximum atomic E-state index is 12.2. The van der Waals surface area contributed by atoms with E-state index in [1.54, 1.807) is 0 Å². The van der Waals surface area contributed by atoms with Gasteiger partial charge in [-0.05, 0) is 54.2 Å². The van der Waals surface area contributed by atoms with E-state index >= 15 is 0 Å². The van der Waals surface area contributed by atoms with E-state index in [-0.39, 0.29) is 17.4 Å². The van der Waals surface area contributed by atoms with Gasteiger partial charge in [-0.2, -0.15) is 0 Å². The first-order chi connectivity index (χ1) is 12.3. The van der Waals surface area contributed by atoms with Crippen LogP contribution in [0.25, 0.3) is 0 Å². The molecule has 140 valence electrons. The Balaban J connectivity index is 1.90. The largest absolute Gasteiger partial charge is 0.489 e. The van der Waals surface area contributed by atoms with Crippen molar-refractivity contribution in [3.63, 3.8) is 0 Å². The first-order valence-electron chi connectivity index (χ1n) is 9.42. The molecular weight excluding hydrogens is 322 g/mol. The molecular formula is C23H31NO2. The van der Waals surface area contributed by atoms with Gasteiger partial charge in [0.15, 0.2) is 0 Å². The summed E-state index contributed by atoms with van der Waals surface area (Å²) in [5.74, 6) is 0.837. The molecule has 0 saturated heterocycles. The standard InChI is InChI=1S/C23H31NO2/c1-6-7-17(2)24-22(25)19-10-8-18(9-11-19)16-26-21-14-12-20(13-15-21)23(3,4)5/h8-15,17H,6-7,16H2,1-5H3,(H,24,25)/t17-/m0/s1. The van der Waals surface area contributed by atoms with Crippen molar-refractivity contribution in [2.45, 2.75) is 65.5 Å². The second kappa shape index (κ2) is 8.88. The Morgan fingerprint density at radius 3 is 2.19 bits per heavy atom. The van der Waals surface area contributed by atoms with Gasteiger partial charge in [-0.25, -0.2) is 0 Å². The molecule has 1 amide bonds. The summed E-state index contributed by atoms with van der Waals surface area (Å²) in [5.41, 5.74) is 3.16. The molecule has 0 aromatic heterocycles. The Labute approximate surface area is 157 Å². The smallest absolute Gasteiger partial charge is 0.251 e. The summed E-state index contributed by atoms with van der Waals surface area (Å²) in [6, 6.07) is 16.1. The molecule has 26 heavy (non-hydrogen) atoms. The van der Waals surface area contributed by atoms with Gasteiger partial charge >= 0.3 is 0 Å². The third-order valence-corrected chi connectivity index (χ3v) is 4.44. The maximum Gasteiger partial charge on any atom is 0.251 e. The highest BCUT2D eigenvalue weighted by Crippen LogP contribution is 2.24. The van der Waals surface area contributed by atoms with Gasteiger partial charge in [0, 0.05) is 11.6 Å². The van der Waals surface area contributed by atoms with Gasteiger partial charge in [0.1, 0.15) is 12.4 Å². The third-order valence-electron chi connectivity index (χ3n) is 4.44. The Hall–Kier alpha value is -2.29. The molecule has 0 spiro atoms. The summed E-state index contributed by atoms with van der Waals surface area (Å²) in [6.45, 7) is 11.2. The van der Waals surface area contributed by atoms with Gasteiger partial charge in [-0.15, -0.1) is 0 Å². The van der Waals surface area contributed by atoms with E-state index in [1.807, 2.05) is 43.3 Å². The number of hydrogen-bond donors (Lipinski definition) is 1. The van der Waals surface area contributed by atoms with Crippen LogP contribution in [0, 0.1) is 0 Å². The second-order valence-corrected chi connectivity index (χ2v) is 7.92. The quantitative estimate of drug-likeness (QED) is 0.715. The van der Waals surface area contributed by atoms with Crippen molar-refractivity contribution >= 4 is 5.91 Å². The zero-order valence-electron chi connectivity index (χ0n) is 16.6. The molecule has 2 aromatic rings. The van der Waals surface area contributed by atoms with Gasteiger partial charge in [0.05, 0.1) is 0 Å². The van der Waals surface area contributed by atoms with Crippen LogP contribution in [0.15, 0.2) is 48.5 Å². The van der Waals surface area contributed by atoms with E-state index < -0.39 is 0 Å². The number of nitrogens with one attached hydrogen (secondary N) is 1. The van der Waals surface area contributed by atoms with Crippen LogP contribution in [0.4, 0.5) is 0 Å². The van der Waals surface area contributed by atoms with Crippen LogP contribution in [0.3, 0.4) is 0 Å². The summed E-state index contributed by atoms with van der Waals surface area (Å²) in [6.07, 6.45) is 2.06.